The molecule has 1 unspecified atom stereocenters. The molecule has 102 valence electrons. The average molecular weight is 253 g/mol. The van der Waals surface area contributed by atoms with E-state index in [0.29, 0.717) is 18.8 Å². The van der Waals surface area contributed by atoms with Gasteiger partial charge < -0.3 is 10.0 Å². The molecule has 0 aromatic rings. The number of hydrogen-bond acceptors (Lipinski definition) is 2. The van der Waals surface area contributed by atoms with E-state index < -0.39 is 11.5 Å². The molecule has 2 rings (SSSR count). The number of carboxylic acid groups (broad SMARTS) is 1. The van der Waals surface area contributed by atoms with Crippen LogP contribution >= 0.6 is 0 Å². The lowest BCUT2D eigenvalue weighted by atomic mass is 9.80. The van der Waals surface area contributed by atoms with E-state index in [0.717, 1.165) is 32.1 Å². The number of carboxylic acids is 1. The number of nitrogens with zero attached hydrogens (tertiary/aromatic N) is 1. The topological polar surface area (TPSA) is 57.6 Å². The van der Waals surface area contributed by atoms with E-state index in [1.165, 1.54) is 4.90 Å². The van der Waals surface area contributed by atoms with Gasteiger partial charge in [0.15, 0.2) is 0 Å². The Morgan fingerprint density at radius 1 is 1.22 bits per heavy atom. The fourth-order valence-electron chi connectivity index (χ4n) is 3.14. The predicted octanol–water partition coefficient (Wildman–Crippen LogP) is 2.28. The molecule has 2 aliphatic rings. The van der Waals surface area contributed by atoms with Gasteiger partial charge in [0, 0.05) is 13.0 Å². The summed E-state index contributed by atoms with van der Waals surface area (Å²) in [4.78, 5) is 25.6. The van der Waals surface area contributed by atoms with E-state index in [2.05, 4.69) is 0 Å². The first-order chi connectivity index (χ1) is 8.49. The molecule has 0 bridgehead atoms. The van der Waals surface area contributed by atoms with Gasteiger partial charge in [0.2, 0.25) is 5.91 Å². The van der Waals surface area contributed by atoms with Crippen LogP contribution in [0.5, 0.6) is 0 Å². The molecule has 4 heteroatoms. The summed E-state index contributed by atoms with van der Waals surface area (Å²) in [6, 6.07) is 0. The van der Waals surface area contributed by atoms with Crippen molar-refractivity contribution >= 4 is 11.9 Å². The number of carbonyl (C=O) groups is 2. The van der Waals surface area contributed by atoms with Crippen molar-refractivity contribution in [3.8, 4) is 0 Å². The van der Waals surface area contributed by atoms with Crippen LogP contribution in [0.1, 0.15) is 51.9 Å². The van der Waals surface area contributed by atoms with E-state index in [1.54, 1.807) is 7.05 Å². The van der Waals surface area contributed by atoms with Gasteiger partial charge in [0.25, 0.3) is 0 Å². The molecule has 1 amide bonds. The van der Waals surface area contributed by atoms with Crippen LogP contribution in [0.2, 0.25) is 0 Å². The largest absolute Gasteiger partial charge is 0.479 e. The van der Waals surface area contributed by atoms with Gasteiger partial charge in [0.1, 0.15) is 5.54 Å². The molecule has 0 aromatic carbocycles. The maximum absolute atomic E-state index is 12.4. The third-order valence-electron chi connectivity index (χ3n) is 4.77. The lowest BCUT2D eigenvalue weighted by Crippen LogP contribution is -2.57. The fourth-order valence-corrected chi connectivity index (χ4v) is 3.14. The van der Waals surface area contributed by atoms with Gasteiger partial charge in [-0.1, -0.05) is 26.2 Å². The number of amides is 1. The molecule has 0 spiro atoms. The number of likely N-dealkylation sites (N-methyl/N-ethyl adjacent to an activating group) is 1. The maximum atomic E-state index is 12.4. The first kappa shape index (κ1) is 13.4. The zero-order chi connectivity index (χ0) is 13.3. The Balaban J connectivity index is 2.14. The monoisotopic (exact) mass is 253 g/mol. The van der Waals surface area contributed by atoms with E-state index in [1.807, 2.05) is 6.92 Å². The zero-order valence-electron chi connectivity index (χ0n) is 11.3. The molecule has 0 radical (unpaired) electrons. The molecular weight excluding hydrogens is 230 g/mol. The highest BCUT2D eigenvalue weighted by Crippen LogP contribution is 2.40. The van der Waals surface area contributed by atoms with Crippen LogP contribution in [0.4, 0.5) is 0 Å². The maximum Gasteiger partial charge on any atom is 0.329 e. The Bertz CT molecular complexity index is 343. The number of hydrogen-bond donors (Lipinski definition) is 1. The molecule has 0 heterocycles. The van der Waals surface area contributed by atoms with E-state index in [-0.39, 0.29) is 11.8 Å². The Morgan fingerprint density at radius 2 is 1.78 bits per heavy atom. The van der Waals surface area contributed by atoms with Crippen molar-refractivity contribution < 1.29 is 14.7 Å². The summed E-state index contributed by atoms with van der Waals surface area (Å²) in [5.74, 6) is -0.356. The Kier molecular flexibility index (Phi) is 3.64. The normalized spacial score (nSPS) is 24.3. The quantitative estimate of drug-likeness (QED) is 0.836. The van der Waals surface area contributed by atoms with Crippen LogP contribution < -0.4 is 0 Å². The second kappa shape index (κ2) is 4.90. The summed E-state index contributed by atoms with van der Waals surface area (Å²) in [6.07, 6.45) is 6.31. The van der Waals surface area contributed by atoms with Gasteiger partial charge in [-0.3, -0.25) is 4.79 Å². The molecule has 0 saturated heterocycles. The molecule has 1 atom stereocenters. The summed E-state index contributed by atoms with van der Waals surface area (Å²) >= 11 is 0. The summed E-state index contributed by atoms with van der Waals surface area (Å²) in [5.41, 5.74) is -0.946. The van der Waals surface area contributed by atoms with Gasteiger partial charge in [-0.25, -0.2) is 4.79 Å². The highest BCUT2D eigenvalue weighted by atomic mass is 16.4. The highest BCUT2D eigenvalue weighted by molar-refractivity contribution is 5.88. The Hall–Kier alpha value is -1.06. The molecule has 0 aliphatic heterocycles. The van der Waals surface area contributed by atoms with Gasteiger partial charge in [-0.2, -0.15) is 0 Å². The zero-order valence-corrected chi connectivity index (χ0v) is 11.3. The van der Waals surface area contributed by atoms with Crippen LogP contribution in [0.25, 0.3) is 0 Å². The van der Waals surface area contributed by atoms with Gasteiger partial charge in [-0.15, -0.1) is 0 Å². The lowest BCUT2D eigenvalue weighted by molar-refractivity contribution is -0.162. The number of aliphatic carboxylic acids is 1. The SMILES string of the molecule is CC(C(=O)N(C)C1(C(=O)O)CCCCC1)C1CC1. The van der Waals surface area contributed by atoms with Crippen LogP contribution in [-0.2, 0) is 9.59 Å². The molecule has 0 aromatic heterocycles. The Morgan fingerprint density at radius 3 is 2.22 bits per heavy atom. The fraction of sp³-hybridized carbons (Fsp3) is 0.857. The van der Waals surface area contributed by atoms with Crippen molar-refractivity contribution in [2.75, 3.05) is 7.05 Å². The van der Waals surface area contributed by atoms with Crippen molar-refractivity contribution in [3.63, 3.8) is 0 Å². The summed E-state index contributed by atoms with van der Waals surface area (Å²) in [7, 11) is 1.68. The van der Waals surface area contributed by atoms with Crippen molar-refractivity contribution in [1.82, 2.24) is 4.90 Å². The second-order valence-electron chi connectivity index (χ2n) is 5.92. The summed E-state index contributed by atoms with van der Waals surface area (Å²) in [6.45, 7) is 1.94. The van der Waals surface area contributed by atoms with Crippen LogP contribution in [0.3, 0.4) is 0 Å². The molecule has 1 N–H and O–H groups in total. The first-order valence-corrected chi connectivity index (χ1v) is 7.00. The third kappa shape index (κ3) is 2.25. The third-order valence-corrected chi connectivity index (χ3v) is 4.77. The minimum absolute atomic E-state index is 0.0156. The van der Waals surface area contributed by atoms with Gasteiger partial charge >= 0.3 is 5.97 Å². The lowest BCUT2D eigenvalue weighted by Gasteiger charge is -2.42. The number of carbonyl (C=O) groups excluding carboxylic acids is 1. The van der Waals surface area contributed by atoms with Gasteiger partial charge in [-0.05, 0) is 31.6 Å². The van der Waals surface area contributed by atoms with Gasteiger partial charge in [0.05, 0.1) is 0 Å². The Labute approximate surface area is 108 Å². The minimum atomic E-state index is -0.946. The smallest absolute Gasteiger partial charge is 0.329 e. The molecule has 18 heavy (non-hydrogen) atoms. The van der Waals surface area contributed by atoms with Crippen molar-refractivity contribution in [3.05, 3.63) is 0 Å². The van der Waals surface area contributed by atoms with E-state index in [4.69, 9.17) is 0 Å². The first-order valence-electron chi connectivity index (χ1n) is 7.00. The molecule has 2 aliphatic carbocycles. The summed E-state index contributed by atoms with van der Waals surface area (Å²) < 4.78 is 0. The van der Waals surface area contributed by atoms with E-state index in [9.17, 15) is 14.7 Å². The number of rotatable bonds is 4. The molecule has 2 saturated carbocycles. The molecule has 2 fully saturated rings. The minimum Gasteiger partial charge on any atom is -0.479 e. The van der Waals surface area contributed by atoms with Crippen molar-refractivity contribution in [2.24, 2.45) is 11.8 Å². The average Bonchev–Trinajstić information content (AvgIpc) is 3.21. The summed E-state index contributed by atoms with van der Waals surface area (Å²) in [5, 5.41) is 9.55. The van der Waals surface area contributed by atoms with Crippen molar-refractivity contribution in [2.45, 2.75) is 57.4 Å². The van der Waals surface area contributed by atoms with Crippen LogP contribution in [0.15, 0.2) is 0 Å². The standard InChI is InChI=1S/C14H23NO3/c1-10(11-6-7-11)12(16)15(2)14(13(17)18)8-4-3-5-9-14/h10-11H,3-9H2,1-2H3,(H,17,18). The van der Waals surface area contributed by atoms with Crippen molar-refractivity contribution in [1.29, 1.82) is 0 Å². The molecular formula is C14H23NO3. The van der Waals surface area contributed by atoms with E-state index >= 15 is 0 Å². The van der Waals surface area contributed by atoms with Crippen LogP contribution in [-0.4, -0.2) is 34.5 Å². The predicted molar refractivity (Wildman–Crippen MR) is 68.1 cm³/mol. The molecule has 4 nitrogen and oxygen atoms in total. The van der Waals surface area contributed by atoms with Crippen LogP contribution in [0, 0.1) is 11.8 Å². The second-order valence-corrected chi connectivity index (χ2v) is 5.92. The highest BCUT2D eigenvalue weighted by Gasteiger charge is 2.47.